The second-order valence-electron chi connectivity index (χ2n) is 6.17. The minimum Gasteiger partial charge on any atom is -0.299 e. The van der Waals surface area contributed by atoms with E-state index >= 15 is 0 Å². The van der Waals surface area contributed by atoms with Crippen molar-refractivity contribution < 1.29 is 9.18 Å². The van der Waals surface area contributed by atoms with Crippen molar-refractivity contribution in [1.82, 2.24) is 0 Å². The van der Waals surface area contributed by atoms with E-state index in [1.165, 1.54) is 18.6 Å². The van der Waals surface area contributed by atoms with E-state index in [1.54, 1.807) is 6.07 Å². The summed E-state index contributed by atoms with van der Waals surface area (Å²) in [5.41, 5.74) is 0.834. The van der Waals surface area contributed by atoms with Gasteiger partial charge in [-0.1, -0.05) is 42.6 Å². The Bertz CT molecular complexity index is 482. The molecule has 1 aliphatic rings. The van der Waals surface area contributed by atoms with Crippen LogP contribution in [0.15, 0.2) is 22.7 Å². The van der Waals surface area contributed by atoms with Crippen LogP contribution in [0.3, 0.4) is 0 Å². The lowest BCUT2D eigenvalue weighted by Crippen LogP contribution is -2.34. The van der Waals surface area contributed by atoms with Gasteiger partial charge in [-0.25, -0.2) is 4.39 Å². The van der Waals surface area contributed by atoms with Crippen LogP contribution < -0.4 is 0 Å². The molecule has 2 rings (SSSR count). The Hall–Kier alpha value is -0.700. The Labute approximate surface area is 122 Å². The van der Waals surface area contributed by atoms with Crippen molar-refractivity contribution in [3.05, 3.63) is 34.1 Å². The highest BCUT2D eigenvalue weighted by atomic mass is 79.9. The summed E-state index contributed by atoms with van der Waals surface area (Å²) in [4.78, 5) is 12.5. The normalized spacial score (nSPS) is 22.2. The molecule has 0 saturated heterocycles. The van der Waals surface area contributed by atoms with Crippen LogP contribution in [-0.4, -0.2) is 5.78 Å². The fourth-order valence-corrected chi connectivity index (χ4v) is 3.47. The van der Waals surface area contributed by atoms with Crippen LogP contribution in [0.1, 0.15) is 45.1 Å². The third-order valence-electron chi connectivity index (χ3n) is 4.27. The zero-order chi connectivity index (χ0) is 14.0. The Kier molecular flexibility index (Phi) is 4.44. The van der Waals surface area contributed by atoms with E-state index < -0.39 is 0 Å². The fraction of sp³-hybridized carbons (Fsp3) is 0.562. The van der Waals surface area contributed by atoms with Crippen molar-refractivity contribution in [2.75, 3.05) is 0 Å². The van der Waals surface area contributed by atoms with E-state index in [1.807, 2.05) is 0 Å². The van der Waals surface area contributed by atoms with Crippen LogP contribution in [0.5, 0.6) is 0 Å². The van der Waals surface area contributed by atoms with Crippen molar-refractivity contribution in [2.45, 2.75) is 46.0 Å². The standard InChI is InChI=1S/C16H20BrFO/c1-16(2)8-4-3-5-13(16)15(19)10-11-9-12(18)6-7-14(11)17/h6-7,9,13H,3-5,8,10H2,1-2H3. The summed E-state index contributed by atoms with van der Waals surface area (Å²) in [5.74, 6) is 0.0707. The summed E-state index contributed by atoms with van der Waals surface area (Å²) in [5, 5.41) is 0. The van der Waals surface area contributed by atoms with Crippen LogP contribution in [0.2, 0.25) is 0 Å². The molecule has 1 aromatic rings. The molecule has 3 heteroatoms. The van der Waals surface area contributed by atoms with Gasteiger partial charge in [-0.15, -0.1) is 0 Å². The molecular weight excluding hydrogens is 307 g/mol. The molecule has 0 aliphatic heterocycles. The number of Topliss-reactive ketones (excluding diaryl/α,β-unsaturated/α-hetero) is 1. The molecule has 0 spiro atoms. The van der Waals surface area contributed by atoms with Gasteiger partial charge < -0.3 is 0 Å². The molecule has 104 valence electrons. The Morgan fingerprint density at radius 1 is 1.42 bits per heavy atom. The van der Waals surface area contributed by atoms with Crippen molar-refractivity contribution in [2.24, 2.45) is 11.3 Å². The quantitative estimate of drug-likeness (QED) is 0.770. The molecule has 1 fully saturated rings. The van der Waals surface area contributed by atoms with E-state index in [9.17, 15) is 9.18 Å². The first kappa shape index (κ1) is 14.7. The monoisotopic (exact) mass is 326 g/mol. The first-order valence-electron chi connectivity index (χ1n) is 6.87. The molecule has 0 N–H and O–H groups in total. The summed E-state index contributed by atoms with van der Waals surface area (Å²) < 4.78 is 14.1. The average molecular weight is 327 g/mol. The SMILES string of the molecule is CC1(C)CCCCC1C(=O)Cc1cc(F)ccc1Br. The van der Waals surface area contributed by atoms with E-state index in [0.29, 0.717) is 6.42 Å². The summed E-state index contributed by atoms with van der Waals surface area (Å²) in [7, 11) is 0. The third kappa shape index (κ3) is 3.44. The highest BCUT2D eigenvalue weighted by Crippen LogP contribution is 2.41. The largest absolute Gasteiger partial charge is 0.299 e. The number of benzene rings is 1. The summed E-state index contributed by atoms with van der Waals surface area (Å²) in [6.07, 6.45) is 4.74. The van der Waals surface area contributed by atoms with Gasteiger partial charge in [-0.05, 0) is 42.0 Å². The molecule has 1 unspecified atom stereocenters. The lowest BCUT2D eigenvalue weighted by molar-refractivity contribution is -0.127. The van der Waals surface area contributed by atoms with E-state index in [0.717, 1.165) is 29.3 Å². The molecule has 1 saturated carbocycles. The van der Waals surface area contributed by atoms with Crippen LogP contribution in [0, 0.1) is 17.2 Å². The lowest BCUT2D eigenvalue weighted by Gasteiger charge is -2.37. The smallest absolute Gasteiger partial charge is 0.140 e. The van der Waals surface area contributed by atoms with Crippen LogP contribution in [-0.2, 0) is 11.2 Å². The van der Waals surface area contributed by atoms with Crippen molar-refractivity contribution >= 4 is 21.7 Å². The van der Waals surface area contributed by atoms with Gasteiger partial charge in [0.2, 0.25) is 0 Å². The van der Waals surface area contributed by atoms with Crippen molar-refractivity contribution in [3.8, 4) is 0 Å². The van der Waals surface area contributed by atoms with Gasteiger partial charge in [-0.3, -0.25) is 4.79 Å². The summed E-state index contributed by atoms with van der Waals surface area (Å²) in [6.45, 7) is 4.35. The number of carbonyl (C=O) groups is 1. The maximum absolute atomic E-state index is 13.3. The highest BCUT2D eigenvalue weighted by molar-refractivity contribution is 9.10. The van der Waals surface area contributed by atoms with Gasteiger partial charge in [0.25, 0.3) is 0 Å². The zero-order valence-electron chi connectivity index (χ0n) is 11.5. The topological polar surface area (TPSA) is 17.1 Å². The van der Waals surface area contributed by atoms with Gasteiger partial charge in [-0.2, -0.15) is 0 Å². The van der Waals surface area contributed by atoms with Gasteiger partial charge in [0, 0.05) is 16.8 Å². The third-order valence-corrected chi connectivity index (χ3v) is 5.04. The predicted molar refractivity (Wildman–Crippen MR) is 78.6 cm³/mol. The van der Waals surface area contributed by atoms with Crippen molar-refractivity contribution in [3.63, 3.8) is 0 Å². The van der Waals surface area contributed by atoms with Crippen LogP contribution in [0.4, 0.5) is 4.39 Å². The van der Waals surface area contributed by atoms with E-state index in [4.69, 9.17) is 0 Å². The number of rotatable bonds is 3. The lowest BCUT2D eigenvalue weighted by atomic mass is 9.66. The molecule has 0 heterocycles. The summed E-state index contributed by atoms with van der Waals surface area (Å²) in [6, 6.07) is 4.53. The first-order valence-corrected chi connectivity index (χ1v) is 7.66. The van der Waals surface area contributed by atoms with Gasteiger partial charge in [0.15, 0.2) is 0 Å². The molecule has 1 atom stereocenters. The van der Waals surface area contributed by atoms with E-state index in [-0.39, 0.29) is 22.9 Å². The van der Waals surface area contributed by atoms with Gasteiger partial charge >= 0.3 is 0 Å². The number of ketones is 1. The second kappa shape index (κ2) is 5.74. The predicted octanol–water partition coefficient (Wildman–Crippen LogP) is 4.92. The zero-order valence-corrected chi connectivity index (χ0v) is 13.1. The molecule has 1 aliphatic carbocycles. The second-order valence-corrected chi connectivity index (χ2v) is 7.02. The molecule has 0 aromatic heterocycles. The Morgan fingerprint density at radius 2 is 2.16 bits per heavy atom. The fourth-order valence-electron chi connectivity index (χ4n) is 3.08. The first-order chi connectivity index (χ1) is 8.90. The van der Waals surface area contributed by atoms with Crippen LogP contribution in [0.25, 0.3) is 0 Å². The Balaban J connectivity index is 2.14. The Morgan fingerprint density at radius 3 is 2.84 bits per heavy atom. The minimum atomic E-state index is -0.283. The maximum atomic E-state index is 13.3. The number of hydrogen-bond donors (Lipinski definition) is 0. The minimum absolute atomic E-state index is 0.0785. The van der Waals surface area contributed by atoms with Crippen LogP contribution >= 0.6 is 15.9 Å². The maximum Gasteiger partial charge on any atom is 0.140 e. The average Bonchev–Trinajstić information content (AvgIpc) is 2.33. The number of hydrogen-bond acceptors (Lipinski definition) is 1. The molecule has 1 aromatic carbocycles. The molecule has 0 radical (unpaired) electrons. The molecule has 1 nitrogen and oxygen atoms in total. The molecule has 0 amide bonds. The van der Waals surface area contributed by atoms with Gasteiger partial charge in [0.05, 0.1) is 0 Å². The molecular formula is C16H20BrFO. The highest BCUT2D eigenvalue weighted by Gasteiger charge is 2.36. The number of carbonyl (C=O) groups excluding carboxylic acids is 1. The van der Waals surface area contributed by atoms with E-state index in [2.05, 4.69) is 29.8 Å². The van der Waals surface area contributed by atoms with Crippen molar-refractivity contribution in [1.29, 1.82) is 0 Å². The molecule has 19 heavy (non-hydrogen) atoms. The van der Waals surface area contributed by atoms with Gasteiger partial charge in [0.1, 0.15) is 11.6 Å². The molecule has 0 bridgehead atoms. The summed E-state index contributed by atoms with van der Waals surface area (Å²) >= 11 is 3.39. The number of halogens is 2.